The van der Waals surface area contributed by atoms with Gasteiger partial charge in [0.1, 0.15) is 5.82 Å². The maximum absolute atomic E-state index is 13.9. The molecule has 0 N–H and O–H groups in total. The normalized spacial score (nSPS) is 21.7. The van der Waals surface area contributed by atoms with Gasteiger partial charge in [0.25, 0.3) is 0 Å². The highest BCUT2D eigenvalue weighted by Gasteiger charge is 2.33. The van der Waals surface area contributed by atoms with Crippen LogP contribution in [0.5, 0.6) is 0 Å². The molecule has 1 aromatic carbocycles. The topological polar surface area (TPSA) is 23.6 Å². The maximum Gasteiger partial charge on any atom is 0.237 e. The molecule has 1 saturated heterocycles. The lowest BCUT2D eigenvalue weighted by atomic mass is 10.00. The Balaban J connectivity index is 1.65. The zero-order chi connectivity index (χ0) is 16.2. The second-order valence-electron chi connectivity index (χ2n) is 6.87. The molecule has 2 aliphatic rings. The van der Waals surface area contributed by atoms with E-state index in [1.165, 1.54) is 12.5 Å². The van der Waals surface area contributed by atoms with Crippen LogP contribution in [0.4, 0.5) is 4.39 Å². The Bertz CT molecular complexity index is 544. The van der Waals surface area contributed by atoms with Gasteiger partial charge in [0.05, 0.1) is 6.54 Å². The van der Waals surface area contributed by atoms with Crippen molar-refractivity contribution in [2.75, 3.05) is 13.1 Å². The molecule has 3 rings (SSSR count). The van der Waals surface area contributed by atoms with Crippen LogP contribution in [0.2, 0.25) is 0 Å². The minimum absolute atomic E-state index is 0.171. The summed E-state index contributed by atoms with van der Waals surface area (Å²) in [7, 11) is 0. The summed E-state index contributed by atoms with van der Waals surface area (Å²) in [5.41, 5.74) is 0.692. The summed E-state index contributed by atoms with van der Waals surface area (Å²) in [6, 6.07) is 7.74. The molecule has 4 heteroatoms. The molecule has 0 spiro atoms. The highest BCUT2D eigenvalue weighted by molar-refractivity contribution is 5.78. The monoisotopic (exact) mass is 318 g/mol. The first-order chi connectivity index (χ1) is 11.2. The summed E-state index contributed by atoms with van der Waals surface area (Å²) in [4.78, 5) is 17.0. The van der Waals surface area contributed by atoms with Crippen molar-refractivity contribution in [1.82, 2.24) is 9.80 Å². The Hall–Kier alpha value is -1.42. The van der Waals surface area contributed by atoms with E-state index in [4.69, 9.17) is 0 Å². The number of hydrogen-bond acceptors (Lipinski definition) is 2. The molecule has 0 radical (unpaired) electrons. The Labute approximate surface area is 138 Å². The fraction of sp³-hybridized carbons (Fsp3) is 0.632. The Morgan fingerprint density at radius 1 is 1.26 bits per heavy atom. The van der Waals surface area contributed by atoms with Gasteiger partial charge in [-0.25, -0.2) is 4.39 Å². The maximum atomic E-state index is 13.9. The molecular weight excluding hydrogens is 291 g/mol. The lowest BCUT2D eigenvalue weighted by Crippen LogP contribution is -2.48. The van der Waals surface area contributed by atoms with Crippen LogP contribution < -0.4 is 0 Å². The number of rotatable bonds is 6. The van der Waals surface area contributed by atoms with E-state index < -0.39 is 0 Å². The average molecular weight is 318 g/mol. The Kier molecular flexibility index (Phi) is 5.31. The molecule has 1 unspecified atom stereocenters. The van der Waals surface area contributed by atoms with Crippen LogP contribution in [0, 0.1) is 5.82 Å². The van der Waals surface area contributed by atoms with Crippen molar-refractivity contribution in [3.8, 4) is 0 Å². The number of benzene rings is 1. The highest BCUT2D eigenvalue weighted by Crippen LogP contribution is 2.29. The van der Waals surface area contributed by atoms with E-state index in [9.17, 15) is 9.18 Å². The average Bonchev–Trinajstić information content (AvgIpc) is 3.41. The van der Waals surface area contributed by atoms with Crippen LogP contribution in [0.25, 0.3) is 0 Å². The number of nitrogens with zero attached hydrogens (tertiary/aromatic N) is 2. The van der Waals surface area contributed by atoms with E-state index in [1.54, 1.807) is 6.07 Å². The molecule has 1 amide bonds. The van der Waals surface area contributed by atoms with Gasteiger partial charge in [-0.15, -0.1) is 0 Å². The first kappa shape index (κ1) is 16.4. The summed E-state index contributed by atoms with van der Waals surface area (Å²) < 4.78 is 13.9. The molecular formula is C19H27FN2O. The van der Waals surface area contributed by atoms with Crippen LogP contribution >= 0.6 is 0 Å². The van der Waals surface area contributed by atoms with Crippen LogP contribution in [-0.2, 0) is 11.3 Å². The molecule has 1 aliphatic carbocycles. The van der Waals surface area contributed by atoms with Crippen molar-refractivity contribution < 1.29 is 9.18 Å². The highest BCUT2D eigenvalue weighted by atomic mass is 19.1. The Morgan fingerprint density at radius 3 is 2.74 bits per heavy atom. The van der Waals surface area contributed by atoms with Crippen LogP contribution in [0.1, 0.15) is 51.0 Å². The van der Waals surface area contributed by atoms with Crippen molar-refractivity contribution in [3.05, 3.63) is 35.6 Å². The van der Waals surface area contributed by atoms with Gasteiger partial charge in [-0.05, 0) is 44.6 Å². The summed E-state index contributed by atoms with van der Waals surface area (Å²) in [5.74, 6) is 0.0507. The first-order valence-electron chi connectivity index (χ1n) is 8.96. The van der Waals surface area contributed by atoms with Gasteiger partial charge >= 0.3 is 0 Å². The smallest absolute Gasteiger partial charge is 0.237 e. The zero-order valence-corrected chi connectivity index (χ0v) is 14.0. The lowest BCUT2D eigenvalue weighted by Gasteiger charge is -2.36. The van der Waals surface area contributed by atoms with Gasteiger partial charge in [0, 0.05) is 30.7 Å². The first-order valence-corrected chi connectivity index (χ1v) is 8.96. The molecule has 126 valence electrons. The van der Waals surface area contributed by atoms with E-state index in [0.29, 0.717) is 30.7 Å². The van der Waals surface area contributed by atoms with Crippen molar-refractivity contribution in [1.29, 1.82) is 0 Å². The molecule has 1 aromatic rings. The van der Waals surface area contributed by atoms with E-state index in [-0.39, 0.29) is 11.7 Å². The molecule has 23 heavy (non-hydrogen) atoms. The number of carbonyl (C=O) groups excluding carboxylic acids is 1. The Morgan fingerprint density at radius 2 is 2.04 bits per heavy atom. The standard InChI is InChI=1S/C19H27FN2O/c1-2-16-8-5-6-12-22(16)19(23)14-21(17-10-11-17)13-15-7-3-4-9-18(15)20/h3-4,7,9,16-17H,2,5-6,8,10-14H2,1H3. The van der Waals surface area contributed by atoms with E-state index in [2.05, 4.69) is 16.7 Å². The van der Waals surface area contributed by atoms with E-state index in [1.807, 2.05) is 12.1 Å². The number of amides is 1. The molecule has 0 bridgehead atoms. The predicted octanol–water partition coefficient (Wildman–Crippen LogP) is 3.58. The largest absolute Gasteiger partial charge is 0.339 e. The summed E-state index contributed by atoms with van der Waals surface area (Å²) in [6.45, 7) is 4.01. The number of halogens is 1. The van der Waals surface area contributed by atoms with Crippen molar-refractivity contribution in [2.24, 2.45) is 0 Å². The minimum Gasteiger partial charge on any atom is -0.339 e. The molecule has 0 aromatic heterocycles. The SMILES string of the molecule is CCC1CCCCN1C(=O)CN(Cc1ccccc1F)C1CC1. The lowest BCUT2D eigenvalue weighted by molar-refractivity contribution is -0.136. The van der Waals surface area contributed by atoms with Gasteiger partial charge in [0.2, 0.25) is 5.91 Å². The third-order valence-electron chi connectivity index (χ3n) is 5.15. The van der Waals surface area contributed by atoms with Crippen LogP contribution in [-0.4, -0.2) is 40.9 Å². The zero-order valence-electron chi connectivity index (χ0n) is 14.0. The van der Waals surface area contributed by atoms with Crippen molar-refractivity contribution >= 4 is 5.91 Å². The van der Waals surface area contributed by atoms with Crippen LogP contribution in [0.3, 0.4) is 0 Å². The number of piperidine rings is 1. The number of carbonyl (C=O) groups is 1. The second kappa shape index (κ2) is 7.43. The van der Waals surface area contributed by atoms with Gasteiger partial charge in [-0.3, -0.25) is 9.69 Å². The third-order valence-corrected chi connectivity index (χ3v) is 5.15. The van der Waals surface area contributed by atoms with Gasteiger partial charge in [0.15, 0.2) is 0 Å². The number of hydrogen-bond donors (Lipinski definition) is 0. The molecule has 1 atom stereocenters. The quantitative estimate of drug-likeness (QED) is 0.800. The van der Waals surface area contributed by atoms with Gasteiger partial charge in [-0.1, -0.05) is 25.1 Å². The fourth-order valence-corrected chi connectivity index (χ4v) is 3.62. The summed E-state index contributed by atoms with van der Waals surface area (Å²) in [6.07, 6.45) is 6.74. The minimum atomic E-state index is -0.171. The molecule has 1 saturated carbocycles. The molecule has 1 aliphatic heterocycles. The molecule has 3 nitrogen and oxygen atoms in total. The van der Waals surface area contributed by atoms with Crippen LogP contribution in [0.15, 0.2) is 24.3 Å². The van der Waals surface area contributed by atoms with E-state index >= 15 is 0 Å². The molecule has 1 heterocycles. The van der Waals surface area contributed by atoms with Gasteiger partial charge in [-0.2, -0.15) is 0 Å². The summed E-state index contributed by atoms with van der Waals surface area (Å²) >= 11 is 0. The van der Waals surface area contributed by atoms with E-state index in [0.717, 1.165) is 38.6 Å². The van der Waals surface area contributed by atoms with Crippen molar-refractivity contribution in [3.63, 3.8) is 0 Å². The van der Waals surface area contributed by atoms with Gasteiger partial charge < -0.3 is 4.90 Å². The third kappa shape index (κ3) is 4.11. The predicted molar refractivity (Wildman–Crippen MR) is 89.5 cm³/mol. The second-order valence-corrected chi connectivity index (χ2v) is 6.87. The fourth-order valence-electron chi connectivity index (χ4n) is 3.62. The molecule has 2 fully saturated rings. The van der Waals surface area contributed by atoms with Crippen molar-refractivity contribution in [2.45, 2.75) is 64.1 Å². The summed E-state index contributed by atoms with van der Waals surface area (Å²) in [5, 5.41) is 0. The number of likely N-dealkylation sites (tertiary alicyclic amines) is 1.